The highest BCUT2D eigenvalue weighted by Crippen LogP contribution is 2.52. The molecule has 0 radical (unpaired) electrons. The maximum Gasteiger partial charge on any atom is 0.407 e. The van der Waals surface area contributed by atoms with Gasteiger partial charge in [0.2, 0.25) is 0 Å². The minimum atomic E-state index is -3.26. The number of likely N-dealkylation sites (N-methyl/N-ethyl adjacent to an activating group) is 1. The largest absolute Gasteiger partial charge is 0.407 e. The van der Waals surface area contributed by atoms with Crippen LogP contribution in [0.3, 0.4) is 0 Å². The normalized spacial score (nSPS) is 17.7. The fraction of sp³-hybridized carbons (Fsp3) is 0.615. The smallest absolute Gasteiger partial charge is 0.323 e. The molecular weight excluding hydrogens is 337 g/mol. The molecule has 3 heterocycles. The van der Waals surface area contributed by atoms with E-state index in [0.29, 0.717) is 43.9 Å². The summed E-state index contributed by atoms with van der Waals surface area (Å²) in [6, 6.07) is 0. The molecule has 2 aromatic rings. The van der Waals surface area contributed by atoms with Gasteiger partial charge in [0, 0.05) is 27.2 Å². The summed E-state index contributed by atoms with van der Waals surface area (Å²) >= 11 is 0. The molecule has 0 N–H and O–H groups in total. The van der Waals surface area contributed by atoms with E-state index in [1.54, 1.807) is 18.7 Å². The molecule has 0 amide bonds. The van der Waals surface area contributed by atoms with Crippen LogP contribution < -0.4 is 11.2 Å². The average molecular weight is 357 g/mol. The van der Waals surface area contributed by atoms with Crippen molar-refractivity contribution in [3.63, 3.8) is 0 Å². The first kappa shape index (κ1) is 17.1. The van der Waals surface area contributed by atoms with Gasteiger partial charge < -0.3 is 4.57 Å². The van der Waals surface area contributed by atoms with Gasteiger partial charge in [0.15, 0.2) is 11.2 Å². The second kappa shape index (κ2) is 6.29. The minimum absolute atomic E-state index is 0.322. The quantitative estimate of drug-likeness (QED) is 0.705. The Bertz CT molecular complexity index is 919. The van der Waals surface area contributed by atoms with E-state index in [-0.39, 0.29) is 0 Å². The van der Waals surface area contributed by atoms with Gasteiger partial charge in [-0.25, -0.2) is 19.0 Å². The van der Waals surface area contributed by atoms with Crippen molar-refractivity contribution in [2.24, 2.45) is 14.1 Å². The topological polar surface area (TPSA) is 101 Å². The summed E-state index contributed by atoms with van der Waals surface area (Å²) in [6.45, 7) is 1.50. The molecule has 0 aliphatic carbocycles. The molecule has 0 unspecified atom stereocenters. The van der Waals surface area contributed by atoms with E-state index < -0.39 is 19.0 Å². The Kier molecular flexibility index (Phi) is 4.48. The molecule has 1 aliphatic rings. The van der Waals surface area contributed by atoms with Crippen LogP contribution in [0.4, 0.5) is 0 Å². The molecule has 1 fully saturated rings. The van der Waals surface area contributed by atoms with E-state index in [4.69, 9.17) is 9.05 Å². The fourth-order valence-corrected chi connectivity index (χ4v) is 4.12. The lowest BCUT2D eigenvalue weighted by Gasteiger charge is -2.29. The Balaban J connectivity index is 1.88. The molecule has 11 heteroatoms. The van der Waals surface area contributed by atoms with Crippen LogP contribution in [0.5, 0.6) is 0 Å². The first-order valence-corrected chi connectivity index (χ1v) is 9.06. The highest BCUT2D eigenvalue weighted by atomic mass is 31.2. The Hall–Kier alpha value is -1.74. The van der Waals surface area contributed by atoms with Gasteiger partial charge in [0.25, 0.3) is 5.56 Å². The molecule has 0 aromatic carbocycles. The third kappa shape index (κ3) is 2.75. The molecule has 0 saturated carbocycles. The van der Waals surface area contributed by atoms with Gasteiger partial charge in [0.05, 0.1) is 19.5 Å². The minimum Gasteiger partial charge on any atom is -0.323 e. The van der Waals surface area contributed by atoms with Crippen molar-refractivity contribution in [3.05, 3.63) is 27.2 Å². The number of hydrogen-bond acceptors (Lipinski definition) is 6. The molecule has 0 atom stereocenters. The van der Waals surface area contributed by atoms with Gasteiger partial charge in [-0.15, -0.1) is 0 Å². The maximum atomic E-state index is 12.5. The lowest BCUT2D eigenvalue weighted by atomic mass is 10.5. The van der Waals surface area contributed by atoms with Crippen molar-refractivity contribution in [2.75, 3.05) is 26.8 Å². The van der Waals surface area contributed by atoms with Crippen LogP contribution in [0.2, 0.25) is 0 Å². The molecule has 2 aromatic heterocycles. The zero-order chi connectivity index (χ0) is 17.5. The first-order chi connectivity index (χ1) is 11.3. The van der Waals surface area contributed by atoms with E-state index >= 15 is 0 Å². The molecule has 3 rings (SSSR count). The molecule has 0 bridgehead atoms. The van der Waals surface area contributed by atoms with Gasteiger partial charge in [-0.3, -0.25) is 23.0 Å². The average Bonchev–Trinajstić information content (AvgIpc) is 3.00. The fourth-order valence-electron chi connectivity index (χ4n) is 2.59. The molecular formula is C13H20N5O5P. The second-order valence-corrected chi connectivity index (χ2v) is 7.82. The molecule has 10 nitrogen and oxygen atoms in total. The molecule has 0 spiro atoms. The van der Waals surface area contributed by atoms with Crippen molar-refractivity contribution in [1.82, 2.24) is 23.4 Å². The van der Waals surface area contributed by atoms with E-state index in [9.17, 15) is 14.2 Å². The number of fused-ring (bicyclic) bond motifs is 1. The Labute approximate surface area is 137 Å². The van der Waals surface area contributed by atoms with E-state index in [2.05, 4.69) is 4.98 Å². The number of rotatable bonds is 4. The summed E-state index contributed by atoms with van der Waals surface area (Å²) in [5.74, 6) is 0. The summed E-state index contributed by atoms with van der Waals surface area (Å²) in [4.78, 5) is 28.4. The number of aryl methyl sites for hydroxylation is 1. The van der Waals surface area contributed by atoms with Crippen LogP contribution in [0.1, 0.15) is 6.42 Å². The first-order valence-electron chi connectivity index (χ1n) is 7.57. The second-order valence-electron chi connectivity index (χ2n) is 5.69. The highest BCUT2D eigenvalue weighted by Gasteiger charge is 2.33. The van der Waals surface area contributed by atoms with Gasteiger partial charge >= 0.3 is 13.4 Å². The lowest BCUT2D eigenvalue weighted by molar-refractivity contribution is 0.114. The SMILES string of the molecule is CN(CCn1cnc2c1c(=O)n(C)c(=O)n2C)P1(=O)OCCCO1. The van der Waals surface area contributed by atoms with Crippen molar-refractivity contribution in [3.8, 4) is 0 Å². The number of hydrogen-bond donors (Lipinski definition) is 0. The maximum absolute atomic E-state index is 12.5. The van der Waals surface area contributed by atoms with Crippen molar-refractivity contribution >= 4 is 18.9 Å². The summed E-state index contributed by atoms with van der Waals surface area (Å²) in [5.41, 5.74) is -0.187. The molecule has 24 heavy (non-hydrogen) atoms. The van der Waals surface area contributed by atoms with Crippen LogP contribution in [-0.2, 0) is 34.3 Å². The summed E-state index contributed by atoms with van der Waals surface area (Å²) in [5, 5.41) is 0. The van der Waals surface area contributed by atoms with Crippen LogP contribution in [0, 0.1) is 0 Å². The number of nitrogens with zero attached hydrogens (tertiary/aromatic N) is 5. The van der Waals surface area contributed by atoms with Crippen LogP contribution in [-0.4, -0.2) is 50.2 Å². The Morgan fingerprint density at radius 1 is 1.25 bits per heavy atom. The highest BCUT2D eigenvalue weighted by molar-refractivity contribution is 7.51. The van der Waals surface area contributed by atoms with Crippen LogP contribution in [0.25, 0.3) is 11.2 Å². The van der Waals surface area contributed by atoms with Crippen LogP contribution in [0.15, 0.2) is 15.9 Å². The van der Waals surface area contributed by atoms with E-state index in [1.165, 1.54) is 22.6 Å². The third-order valence-corrected chi connectivity index (χ3v) is 6.15. The van der Waals surface area contributed by atoms with E-state index in [1.807, 2.05) is 0 Å². The molecule has 1 aliphatic heterocycles. The van der Waals surface area contributed by atoms with Crippen molar-refractivity contribution in [2.45, 2.75) is 13.0 Å². The predicted octanol–water partition coefficient (Wildman–Crippen LogP) is -0.0895. The van der Waals surface area contributed by atoms with Gasteiger partial charge in [-0.1, -0.05) is 0 Å². The Morgan fingerprint density at radius 3 is 2.58 bits per heavy atom. The summed E-state index contributed by atoms with van der Waals surface area (Å²) < 4.78 is 28.6. The van der Waals surface area contributed by atoms with Crippen molar-refractivity contribution < 1.29 is 13.6 Å². The van der Waals surface area contributed by atoms with Gasteiger partial charge in [-0.05, 0) is 13.5 Å². The summed E-state index contributed by atoms with van der Waals surface area (Å²) in [6.07, 6.45) is 2.21. The predicted molar refractivity (Wildman–Crippen MR) is 87.0 cm³/mol. The number of imidazole rings is 1. The number of aromatic nitrogens is 4. The van der Waals surface area contributed by atoms with Crippen molar-refractivity contribution in [1.29, 1.82) is 0 Å². The monoisotopic (exact) mass is 357 g/mol. The molecule has 132 valence electrons. The molecule has 1 saturated heterocycles. The van der Waals surface area contributed by atoms with E-state index in [0.717, 1.165) is 4.57 Å². The van der Waals surface area contributed by atoms with Gasteiger partial charge in [-0.2, -0.15) is 0 Å². The lowest BCUT2D eigenvalue weighted by Crippen LogP contribution is -2.37. The summed E-state index contributed by atoms with van der Waals surface area (Å²) in [7, 11) is 1.38. The van der Waals surface area contributed by atoms with Crippen LogP contribution >= 0.6 is 7.75 Å². The zero-order valence-electron chi connectivity index (χ0n) is 13.8. The standard InChI is InChI=1S/C13H20N5O5P/c1-15(24(21)22-7-4-8-23-24)5-6-18-9-14-11-10(18)12(19)17(3)13(20)16(11)2/h9H,4-8H2,1-3H3. The van der Waals surface area contributed by atoms with Gasteiger partial charge in [0.1, 0.15) is 0 Å². The zero-order valence-corrected chi connectivity index (χ0v) is 14.7. The Morgan fingerprint density at radius 2 is 1.92 bits per heavy atom. The third-order valence-electron chi connectivity index (χ3n) is 4.10.